The zero-order valence-corrected chi connectivity index (χ0v) is 17.6. The third kappa shape index (κ3) is 5.01. The van der Waals surface area contributed by atoms with Gasteiger partial charge in [0.2, 0.25) is 15.9 Å². The minimum absolute atomic E-state index is 0.0500. The smallest absolute Gasteiger partial charge is 0.249 e. The zero-order chi connectivity index (χ0) is 20.4. The third-order valence-electron chi connectivity index (χ3n) is 5.68. The van der Waals surface area contributed by atoms with Crippen molar-refractivity contribution < 1.29 is 17.9 Å². The minimum Gasteiger partial charge on any atom is -0.379 e. The number of morpholine rings is 1. The fourth-order valence-electron chi connectivity index (χ4n) is 3.75. The molecule has 0 bridgehead atoms. The lowest BCUT2D eigenvalue weighted by Gasteiger charge is -2.29. The van der Waals surface area contributed by atoms with Crippen LogP contribution >= 0.6 is 0 Å². The SMILES string of the molecule is CC1(C)CC=C(c2cc(CCS(=O)(=O)N3CCOCC3)ccc2C(N)=O)CC1. The highest BCUT2D eigenvalue weighted by Crippen LogP contribution is 2.39. The van der Waals surface area contributed by atoms with Crippen LogP contribution in [0.25, 0.3) is 5.57 Å². The number of primary amides is 1. The van der Waals surface area contributed by atoms with E-state index in [-0.39, 0.29) is 11.2 Å². The van der Waals surface area contributed by atoms with Crippen LogP contribution < -0.4 is 5.73 Å². The van der Waals surface area contributed by atoms with E-state index in [1.54, 1.807) is 6.07 Å². The molecule has 2 N–H and O–H groups in total. The maximum absolute atomic E-state index is 12.6. The van der Waals surface area contributed by atoms with Gasteiger partial charge in [-0.1, -0.05) is 32.1 Å². The van der Waals surface area contributed by atoms with E-state index < -0.39 is 15.9 Å². The van der Waals surface area contributed by atoms with E-state index in [1.165, 1.54) is 4.31 Å². The highest BCUT2D eigenvalue weighted by atomic mass is 32.2. The van der Waals surface area contributed by atoms with Crippen molar-refractivity contribution >= 4 is 21.5 Å². The number of carbonyl (C=O) groups excluding carboxylic acids is 1. The Labute approximate surface area is 167 Å². The van der Waals surface area contributed by atoms with Gasteiger partial charge in [0.05, 0.1) is 19.0 Å². The molecule has 1 aromatic carbocycles. The van der Waals surface area contributed by atoms with Crippen LogP contribution in [0.3, 0.4) is 0 Å². The van der Waals surface area contributed by atoms with Crippen LogP contribution in [0, 0.1) is 5.41 Å². The van der Waals surface area contributed by atoms with Crippen molar-refractivity contribution in [2.75, 3.05) is 32.1 Å². The molecule has 0 spiro atoms. The number of nitrogens with two attached hydrogens (primary N) is 1. The van der Waals surface area contributed by atoms with Crippen LogP contribution in [0.15, 0.2) is 24.3 Å². The number of rotatable bonds is 6. The van der Waals surface area contributed by atoms with Crippen molar-refractivity contribution in [3.05, 3.63) is 41.0 Å². The summed E-state index contributed by atoms with van der Waals surface area (Å²) in [4.78, 5) is 11.9. The lowest BCUT2D eigenvalue weighted by molar-refractivity contribution is 0.0730. The monoisotopic (exact) mass is 406 g/mol. The molecule has 1 fully saturated rings. The van der Waals surface area contributed by atoms with E-state index >= 15 is 0 Å². The molecule has 0 unspecified atom stereocenters. The van der Waals surface area contributed by atoms with Crippen LogP contribution in [0.1, 0.15) is 54.6 Å². The molecule has 0 radical (unpaired) electrons. The summed E-state index contributed by atoms with van der Waals surface area (Å²) in [6.45, 7) is 6.19. The zero-order valence-electron chi connectivity index (χ0n) is 16.7. The van der Waals surface area contributed by atoms with Crippen LogP contribution in [-0.2, 0) is 21.2 Å². The Morgan fingerprint density at radius 3 is 2.57 bits per heavy atom. The first-order valence-electron chi connectivity index (χ1n) is 9.86. The van der Waals surface area contributed by atoms with Gasteiger partial charge < -0.3 is 10.5 Å². The van der Waals surface area contributed by atoms with Gasteiger partial charge in [0.15, 0.2) is 0 Å². The Bertz CT molecular complexity index is 868. The van der Waals surface area contributed by atoms with Crippen molar-refractivity contribution in [3.63, 3.8) is 0 Å². The molecule has 3 rings (SSSR count). The molecule has 0 saturated carbocycles. The van der Waals surface area contributed by atoms with Gasteiger partial charge in [0.1, 0.15) is 0 Å². The van der Waals surface area contributed by atoms with E-state index in [0.717, 1.165) is 36.0 Å². The van der Waals surface area contributed by atoms with Gasteiger partial charge in [0, 0.05) is 18.7 Å². The Morgan fingerprint density at radius 1 is 1.25 bits per heavy atom. The minimum atomic E-state index is -3.31. The van der Waals surface area contributed by atoms with Crippen molar-refractivity contribution in [1.82, 2.24) is 4.31 Å². The maximum atomic E-state index is 12.6. The molecule has 154 valence electrons. The second-order valence-corrected chi connectivity index (χ2v) is 10.5. The summed E-state index contributed by atoms with van der Waals surface area (Å²) in [5.74, 6) is -0.401. The van der Waals surface area contributed by atoms with Gasteiger partial charge in [-0.3, -0.25) is 4.79 Å². The number of hydrogen-bond donors (Lipinski definition) is 1. The molecule has 2 aliphatic rings. The molecular weight excluding hydrogens is 376 g/mol. The van der Waals surface area contributed by atoms with Crippen molar-refractivity contribution in [1.29, 1.82) is 0 Å². The number of ether oxygens (including phenoxy) is 1. The summed E-state index contributed by atoms with van der Waals surface area (Å²) in [5.41, 5.74) is 9.24. The standard InChI is InChI=1S/C21H30N2O4S/c1-21(2)8-5-17(6-9-21)19-15-16(3-4-18(19)20(22)24)7-14-28(25,26)23-10-12-27-13-11-23/h3-5,15H,6-14H2,1-2H3,(H2,22,24). The molecule has 6 nitrogen and oxygen atoms in total. The molecule has 0 aromatic heterocycles. The van der Waals surface area contributed by atoms with Crippen molar-refractivity contribution in [3.8, 4) is 0 Å². The van der Waals surface area contributed by atoms with Crippen LogP contribution in [0.2, 0.25) is 0 Å². The maximum Gasteiger partial charge on any atom is 0.249 e. The Kier molecular flexibility index (Phi) is 6.27. The first-order valence-corrected chi connectivity index (χ1v) is 11.5. The molecule has 1 amide bonds. The van der Waals surface area contributed by atoms with E-state index in [1.807, 2.05) is 12.1 Å². The number of allylic oxidation sites excluding steroid dienone is 2. The quantitative estimate of drug-likeness (QED) is 0.786. The lowest BCUT2D eigenvalue weighted by Crippen LogP contribution is -2.42. The summed E-state index contributed by atoms with van der Waals surface area (Å²) < 4.78 is 31.9. The van der Waals surface area contributed by atoms with Crippen molar-refractivity contribution in [2.24, 2.45) is 11.1 Å². The number of hydrogen-bond acceptors (Lipinski definition) is 4. The lowest BCUT2D eigenvalue weighted by atomic mass is 9.76. The average Bonchev–Trinajstić information content (AvgIpc) is 2.67. The number of amides is 1. The topological polar surface area (TPSA) is 89.7 Å². The second kappa shape index (κ2) is 8.35. The number of sulfonamides is 1. The largest absolute Gasteiger partial charge is 0.379 e. The second-order valence-electron chi connectivity index (χ2n) is 8.42. The van der Waals surface area contributed by atoms with Gasteiger partial charge in [-0.15, -0.1) is 0 Å². The molecule has 28 heavy (non-hydrogen) atoms. The van der Waals surface area contributed by atoms with E-state index in [0.29, 0.717) is 38.3 Å². The van der Waals surface area contributed by atoms with Gasteiger partial charge in [-0.2, -0.15) is 4.31 Å². The number of carbonyl (C=O) groups is 1. The predicted molar refractivity (Wildman–Crippen MR) is 110 cm³/mol. The van der Waals surface area contributed by atoms with E-state index in [2.05, 4.69) is 19.9 Å². The van der Waals surface area contributed by atoms with E-state index in [9.17, 15) is 13.2 Å². The molecular formula is C21H30N2O4S. The molecule has 0 atom stereocenters. The third-order valence-corrected chi connectivity index (χ3v) is 7.55. The van der Waals surface area contributed by atoms with Crippen LogP contribution in [0.5, 0.6) is 0 Å². The van der Waals surface area contributed by atoms with Gasteiger partial charge in [0.25, 0.3) is 0 Å². The summed E-state index contributed by atoms with van der Waals surface area (Å²) in [7, 11) is -3.31. The predicted octanol–water partition coefficient (Wildman–Crippen LogP) is 2.58. The normalized spacial score (nSPS) is 20.6. The first-order chi connectivity index (χ1) is 13.2. The van der Waals surface area contributed by atoms with E-state index in [4.69, 9.17) is 10.5 Å². The highest BCUT2D eigenvalue weighted by Gasteiger charge is 2.26. The van der Waals surface area contributed by atoms with Gasteiger partial charge >= 0.3 is 0 Å². The molecule has 1 saturated heterocycles. The Hall–Kier alpha value is -1.70. The average molecular weight is 407 g/mol. The number of aryl methyl sites for hydroxylation is 1. The summed E-state index contributed by atoms with van der Waals surface area (Å²) in [5, 5.41) is 0. The van der Waals surface area contributed by atoms with Crippen LogP contribution in [0.4, 0.5) is 0 Å². The van der Waals surface area contributed by atoms with Gasteiger partial charge in [-0.05, 0) is 53.9 Å². The number of nitrogens with zero attached hydrogens (tertiary/aromatic N) is 1. The van der Waals surface area contributed by atoms with Crippen molar-refractivity contribution in [2.45, 2.75) is 39.5 Å². The summed E-state index contributed by atoms with van der Waals surface area (Å²) >= 11 is 0. The molecule has 1 heterocycles. The highest BCUT2D eigenvalue weighted by molar-refractivity contribution is 7.89. The fraction of sp³-hybridized carbons (Fsp3) is 0.571. The fourth-order valence-corrected chi connectivity index (χ4v) is 5.21. The Morgan fingerprint density at radius 2 is 1.96 bits per heavy atom. The number of benzene rings is 1. The Balaban J connectivity index is 1.79. The molecule has 1 aliphatic carbocycles. The molecule has 1 aromatic rings. The van der Waals surface area contributed by atoms with Gasteiger partial charge in [-0.25, -0.2) is 8.42 Å². The molecule has 7 heteroatoms. The summed E-state index contributed by atoms with van der Waals surface area (Å²) in [6, 6.07) is 5.49. The summed E-state index contributed by atoms with van der Waals surface area (Å²) in [6.07, 6.45) is 5.50. The first kappa shape index (κ1) is 21.0. The van der Waals surface area contributed by atoms with Crippen LogP contribution in [-0.4, -0.2) is 50.7 Å². The molecule has 1 aliphatic heterocycles.